The molecule has 1 N–H and O–H groups in total. The molecule has 0 atom stereocenters. The molecule has 1 fully saturated rings. The van der Waals surface area contributed by atoms with Crippen molar-refractivity contribution < 1.29 is 72.1 Å². The first-order chi connectivity index (χ1) is 12.0. The van der Waals surface area contributed by atoms with Crippen molar-refractivity contribution >= 4 is 12.0 Å². The number of amides is 1. The average Bonchev–Trinajstić information content (AvgIpc) is 2.98. The molecule has 1 aliphatic heterocycles. The summed E-state index contributed by atoms with van der Waals surface area (Å²) in [5.41, 5.74) is 6.62. The van der Waals surface area contributed by atoms with Crippen molar-refractivity contribution in [1.29, 1.82) is 0 Å². The number of hydrogen-bond donors (Lipinski definition) is 0. The Morgan fingerprint density at radius 1 is 1.35 bits per heavy atom. The smallest absolute Gasteiger partial charge is 0.662 e. The number of carbonyl (C=O) groups excluding carboxylic acids is 1. The van der Waals surface area contributed by atoms with E-state index < -0.39 is 11.6 Å². The number of ether oxygens (including phenoxy) is 1. The van der Waals surface area contributed by atoms with Crippen molar-refractivity contribution in [2.45, 2.75) is 32.0 Å². The summed E-state index contributed by atoms with van der Waals surface area (Å²) in [4.78, 5) is 23.7. The van der Waals surface area contributed by atoms with E-state index in [9.17, 15) is 4.79 Å². The van der Waals surface area contributed by atoms with Gasteiger partial charge in [0.25, 0.3) is 0 Å². The largest absolute Gasteiger partial charge is 1.00 e. The monoisotopic (exact) mass is 429 g/mol. The summed E-state index contributed by atoms with van der Waals surface area (Å²) in [5.74, 6) is -0.308. The molecule has 3 rings (SSSR count). The minimum atomic E-state index is -1.34. The molecule has 9 heteroatoms. The van der Waals surface area contributed by atoms with E-state index in [1.54, 1.807) is 16.8 Å². The van der Waals surface area contributed by atoms with Crippen LogP contribution in [0, 0.1) is 0 Å². The van der Waals surface area contributed by atoms with Gasteiger partial charge in [-0.05, 0) is 13.0 Å². The third-order valence-electron chi connectivity index (χ3n) is 4.10. The molecule has 0 aliphatic carbocycles. The van der Waals surface area contributed by atoms with Crippen LogP contribution < -0.4 is 58.2 Å². The van der Waals surface area contributed by atoms with Gasteiger partial charge in [0.1, 0.15) is 28.6 Å². The van der Waals surface area contributed by atoms with Crippen LogP contribution >= 0.6 is 0 Å². The Hall–Kier alpha value is -0.805. The summed E-state index contributed by atoms with van der Waals surface area (Å²) in [6.07, 6.45) is 8.72. The number of alkyl halides is 1. The van der Waals surface area contributed by atoms with Crippen LogP contribution in [0.15, 0.2) is 24.7 Å². The van der Waals surface area contributed by atoms with Crippen molar-refractivity contribution in [2.75, 3.05) is 13.2 Å². The van der Waals surface area contributed by atoms with Crippen LogP contribution in [0.3, 0.4) is 0 Å². The molecule has 0 radical (unpaired) electrons. The number of nitrogens with zero attached hydrogens (tertiary/aromatic N) is 4. The molecule has 0 saturated carbocycles. The van der Waals surface area contributed by atoms with Gasteiger partial charge in [0.15, 0.2) is 0 Å². The summed E-state index contributed by atoms with van der Waals surface area (Å²) in [6, 6.07) is 0. The molecule has 1 saturated heterocycles. The first kappa shape index (κ1) is 21.5. The Morgan fingerprint density at radius 3 is 2.73 bits per heavy atom. The summed E-state index contributed by atoms with van der Waals surface area (Å²) in [7, 11) is 0. The minimum Gasteiger partial charge on any atom is -0.662 e. The molecule has 0 bridgehead atoms. The van der Waals surface area contributed by atoms with E-state index in [1.165, 1.54) is 12.4 Å². The topological polar surface area (TPSA) is 93.7 Å². The van der Waals surface area contributed by atoms with Crippen molar-refractivity contribution in [2.24, 2.45) is 0 Å². The molecule has 2 aromatic heterocycles. The van der Waals surface area contributed by atoms with Crippen LogP contribution in [-0.4, -0.2) is 44.3 Å². The van der Waals surface area contributed by atoms with Crippen molar-refractivity contribution in [3.63, 3.8) is 0 Å². The van der Waals surface area contributed by atoms with E-state index in [1.807, 2.05) is 13.0 Å². The molecule has 2 aromatic rings. The first-order valence-electron chi connectivity index (χ1n) is 8.06. The zero-order valence-corrected chi connectivity index (χ0v) is 19.8. The maximum atomic E-state index is 15.0. The normalized spacial score (nSPS) is 16.4. The number of nitrogens with one attached hydrogen (secondary N) is 1. The molecule has 26 heavy (non-hydrogen) atoms. The van der Waals surface area contributed by atoms with Crippen LogP contribution in [0.25, 0.3) is 23.2 Å². The molecule has 7 nitrogen and oxygen atoms in total. The van der Waals surface area contributed by atoms with E-state index in [0.717, 1.165) is 0 Å². The SMILES string of the molecule is C/C=C\c1nc(-c2cncc(C([NH-])=O)n2)cn1CC1(F)CCOCC1.[Rb+]. The number of allylic oxidation sites excluding steroid dienone is 1. The first-order valence-corrected chi connectivity index (χ1v) is 8.06. The quantitative estimate of drug-likeness (QED) is 0.671. The number of imidazole rings is 1. The molecule has 132 valence electrons. The van der Waals surface area contributed by atoms with Gasteiger partial charge < -0.3 is 19.8 Å². The molecule has 1 amide bonds. The van der Waals surface area contributed by atoms with E-state index in [0.29, 0.717) is 43.3 Å². The van der Waals surface area contributed by atoms with Crippen LogP contribution in [0.4, 0.5) is 4.39 Å². The van der Waals surface area contributed by atoms with E-state index in [2.05, 4.69) is 15.0 Å². The Balaban J connectivity index is 0.00000243. The number of rotatable bonds is 5. The molecule has 3 heterocycles. The van der Waals surface area contributed by atoms with Crippen molar-refractivity contribution in [3.8, 4) is 11.4 Å². The minimum absolute atomic E-state index is 0. The fourth-order valence-electron chi connectivity index (χ4n) is 2.76. The molecular weight excluding hydrogens is 411 g/mol. The Labute approximate surface area is 200 Å². The second-order valence-electron chi connectivity index (χ2n) is 5.99. The van der Waals surface area contributed by atoms with Crippen molar-refractivity contribution in [3.05, 3.63) is 41.9 Å². The van der Waals surface area contributed by atoms with Crippen LogP contribution in [0.1, 0.15) is 36.1 Å². The Bertz CT molecular complexity index is 802. The zero-order chi connectivity index (χ0) is 17.9. The maximum Gasteiger partial charge on any atom is 1.00 e. The summed E-state index contributed by atoms with van der Waals surface area (Å²) in [6.45, 7) is 2.86. The van der Waals surface area contributed by atoms with Crippen molar-refractivity contribution in [1.82, 2.24) is 19.5 Å². The number of hydrogen-bond acceptors (Lipinski definition) is 5. The third kappa shape index (κ3) is 5.13. The maximum absolute atomic E-state index is 15.0. The number of carbonyl (C=O) groups is 1. The van der Waals surface area contributed by atoms with Gasteiger partial charge in [-0.2, -0.15) is 0 Å². The fourth-order valence-corrected chi connectivity index (χ4v) is 2.76. The van der Waals surface area contributed by atoms with Crippen LogP contribution in [-0.2, 0) is 11.3 Å². The average molecular weight is 430 g/mol. The zero-order valence-electron chi connectivity index (χ0n) is 14.9. The van der Waals surface area contributed by atoms with Gasteiger partial charge in [-0.3, -0.25) is 4.98 Å². The van der Waals surface area contributed by atoms with E-state index in [4.69, 9.17) is 10.5 Å². The van der Waals surface area contributed by atoms with Crippen LogP contribution in [0.5, 0.6) is 0 Å². The van der Waals surface area contributed by atoms with Gasteiger partial charge in [0.2, 0.25) is 0 Å². The predicted molar refractivity (Wildman–Crippen MR) is 90.5 cm³/mol. The summed E-state index contributed by atoms with van der Waals surface area (Å²) >= 11 is 0. The van der Waals surface area contributed by atoms with Gasteiger partial charge in [-0.25, -0.2) is 14.4 Å². The molecule has 0 spiro atoms. The second kappa shape index (κ2) is 9.41. The molecule has 0 unspecified atom stereocenters. The number of aromatic nitrogens is 4. The van der Waals surface area contributed by atoms with Gasteiger partial charge in [-0.1, -0.05) is 6.08 Å². The van der Waals surface area contributed by atoms with Gasteiger partial charge >= 0.3 is 58.2 Å². The number of halogens is 1. The summed E-state index contributed by atoms with van der Waals surface area (Å²) < 4.78 is 22.0. The van der Waals surface area contributed by atoms with Crippen LogP contribution in [0.2, 0.25) is 0 Å². The Kier molecular flexibility index (Phi) is 7.78. The van der Waals surface area contributed by atoms with E-state index >= 15 is 4.39 Å². The fraction of sp³-hybridized carbons (Fsp3) is 0.412. The molecule has 1 aliphatic rings. The van der Waals surface area contributed by atoms with E-state index in [-0.39, 0.29) is 70.4 Å². The second-order valence-corrected chi connectivity index (χ2v) is 5.99. The van der Waals surface area contributed by atoms with Gasteiger partial charge in [0, 0.05) is 32.3 Å². The Morgan fingerprint density at radius 2 is 2.08 bits per heavy atom. The standard InChI is InChI=1S/C17H20FN5O2.Rb/c1-2-3-15-22-14(12-8-20-9-13(21-12)16(19)24)10-23(15)11-17(18)4-6-25-7-5-17;/h2-3,8-10H,4-7,11H2,1H3,(H2,19,24);/q;+1/p-1/b3-2-;. The van der Waals surface area contributed by atoms with Gasteiger partial charge in [0.05, 0.1) is 24.8 Å². The summed E-state index contributed by atoms with van der Waals surface area (Å²) in [5, 5.41) is 0. The molecule has 0 aromatic carbocycles. The van der Waals surface area contributed by atoms with Gasteiger partial charge in [-0.15, -0.1) is 0 Å². The third-order valence-corrected chi connectivity index (χ3v) is 4.10. The predicted octanol–water partition coefficient (Wildman–Crippen LogP) is 0.0883. The molecular formula is C17H19FN5O2Rb.